The van der Waals surface area contributed by atoms with Gasteiger partial charge in [0.1, 0.15) is 0 Å². The number of anilines is 2. The highest BCUT2D eigenvalue weighted by Gasteiger charge is 2.19. The zero-order valence-corrected chi connectivity index (χ0v) is 10.8. The standard InChI is InChI=1S/C9H10BrN3O2S/c1-6(5-11)16(14,15)13-7-2-3-8(10)9(12)4-7/h2-4,6,13H,12H2,1H3. The van der Waals surface area contributed by atoms with Crippen LogP contribution in [-0.2, 0) is 10.0 Å². The molecule has 86 valence electrons. The van der Waals surface area contributed by atoms with Gasteiger partial charge in [-0.25, -0.2) is 8.42 Å². The van der Waals surface area contributed by atoms with Crippen molar-refractivity contribution < 1.29 is 8.42 Å². The van der Waals surface area contributed by atoms with E-state index in [1.54, 1.807) is 18.2 Å². The number of nitrogen functional groups attached to an aromatic ring is 1. The number of nitrogens with two attached hydrogens (primary N) is 1. The third-order valence-electron chi connectivity index (χ3n) is 1.90. The third-order valence-corrected chi connectivity index (χ3v) is 4.18. The van der Waals surface area contributed by atoms with Gasteiger partial charge in [0.15, 0.2) is 5.25 Å². The number of rotatable bonds is 3. The average molecular weight is 304 g/mol. The van der Waals surface area contributed by atoms with Crippen molar-refractivity contribution in [2.75, 3.05) is 10.5 Å². The number of sulfonamides is 1. The predicted molar refractivity (Wildman–Crippen MR) is 66.2 cm³/mol. The molecule has 16 heavy (non-hydrogen) atoms. The monoisotopic (exact) mass is 303 g/mol. The summed E-state index contributed by atoms with van der Waals surface area (Å²) in [6.45, 7) is 1.31. The molecule has 0 saturated carbocycles. The van der Waals surface area contributed by atoms with E-state index >= 15 is 0 Å². The van der Waals surface area contributed by atoms with Gasteiger partial charge in [-0.05, 0) is 41.1 Å². The Labute approximate surface area is 102 Å². The molecule has 1 aromatic carbocycles. The quantitative estimate of drug-likeness (QED) is 0.830. The van der Waals surface area contributed by atoms with Gasteiger partial charge >= 0.3 is 0 Å². The van der Waals surface area contributed by atoms with Crippen molar-refractivity contribution in [3.63, 3.8) is 0 Å². The van der Waals surface area contributed by atoms with Crippen LogP contribution < -0.4 is 10.5 Å². The number of benzene rings is 1. The van der Waals surface area contributed by atoms with Crippen molar-refractivity contribution in [3.05, 3.63) is 22.7 Å². The molecule has 7 heteroatoms. The lowest BCUT2D eigenvalue weighted by atomic mass is 10.3. The van der Waals surface area contributed by atoms with Gasteiger partial charge in [-0.2, -0.15) is 5.26 Å². The van der Waals surface area contributed by atoms with Gasteiger partial charge in [-0.15, -0.1) is 0 Å². The highest BCUT2D eigenvalue weighted by atomic mass is 79.9. The van der Waals surface area contributed by atoms with Crippen molar-refractivity contribution in [2.24, 2.45) is 0 Å². The molecule has 1 aromatic rings. The fraction of sp³-hybridized carbons (Fsp3) is 0.222. The molecule has 0 saturated heterocycles. The Balaban J connectivity index is 2.98. The SMILES string of the molecule is CC(C#N)S(=O)(=O)Nc1ccc(Br)c(N)c1. The summed E-state index contributed by atoms with van der Waals surface area (Å²) in [7, 11) is -3.67. The number of nitriles is 1. The van der Waals surface area contributed by atoms with Gasteiger partial charge in [0.25, 0.3) is 0 Å². The van der Waals surface area contributed by atoms with Crippen LogP contribution >= 0.6 is 15.9 Å². The van der Waals surface area contributed by atoms with E-state index in [9.17, 15) is 8.42 Å². The number of hydrogen-bond donors (Lipinski definition) is 2. The molecule has 0 radical (unpaired) electrons. The van der Waals surface area contributed by atoms with Gasteiger partial charge in [-0.3, -0.25) is 4.72 Å². The first-order chi connectivity index (χ1) is 7.36. The largest absolute Gasteiger partial charge is 0.398 e. The molecule has 0 aliphatic carbocycles. The Hall–Kier alpha value is -1.26. The minimum Gasteiger partial charge on any atom is -0.398 e. The fourth-order valence-corrected chi connectivity index (χ4v) is 1.95. The topological polar surface area (TPSA) is 96.0 Å². The second-order valence-corrected chi connectivity index (χ2v) is 6.01. The summed E-state index contributed by atoms with van der Waals surface area (Å²) in [6.07, 6.45) is 0. The predicted octanol–water partition coefficient (Wildman–Crippen LogP) is 1.69. The molecule has 1 atom stereocenters. The van der Waals surface area contributed by atoms with Crippen LogP contribution in [0.15, 0.2) is 22.7 Å². The smallest absolute Gasteiger partial charge is 0.248 e. The van der Waals surface area contributed by atoms with E-state index in [-0.39, 0.29) is 0 Å². The fourth-order valence-electron chi connectivity index (χ4n) is 0.929. The molecular formula is C9H10BrN3O2S. The van der Waals surface area contributed by atoms with Crippen molar-refractivity contribution in [1.29, 1.82) is 5.26 Å². The van der Waals surface area contributed by atoms with Crippen molar-refractivity contribution in [2.45, 2.75) is 12.2 Å². The van der Waals surface area contributed by atoms with E-state index in [0.717, 1.165) is 0 Å². The van der Waals surface area contributed by atoms with E-state index in [1.165, 1.54) is 13.0 Å². The summed E-state index contributed by atoms with van der Waals surface area (Å²) in [5.74, 6) is 0. The number of halogens is 1. The minimum absolute atomic E-state index is 0.336. The summed E-state index contributed by atoms with van der Waals surface area (Å²) in [6, 6.07) is 6.33. The average Bonchev–Trinajstić information content (AvgIpc) is 2.22. The van der Waals surface area contributed by atoms with Gasteiger partial charge < -0.3 is 5.73 Å². The number of nitrogens with zero attached hydrogens (tertiary/aromatic N) is 1. The summed E-state index contributed by atoms with van der Waals surface area (Å²) < 4.78 is 26.1. The van der Waals surface area contributed by atoms with Gasteiger partial charge in [-0.1, -0.05) is 0 Å². The first-order valence-corrected chi connectivity index (χ1v) is 6.67. The molecule has 0 bridgehead atoms. The highest BCUT2D eigenvalue weighted by molar-refractivity contribution is 9.10. The third kappa shape index (κ3) is 2.87. The van der Waals surface area contributed by atoms with Crippen LogP contribution in [0.2, 0.25) is 0 Å². The molecule has 0 fully saturated rings. The molecule has 0 aliphatic rings. The van der Waals surface area contributed by atoms with Gasteiger partial charge in [0.2, 0.25) is 10.0 Å². The van der Waals surface area contributed by atoms with Crippen LogP contribution in [-0.4, -0.2) is 13.7 Å². The molecule has 0 heterocycles. The van der Waals surface area contributed by atoms with Crippen molar-refractivity contribution in [3.8, 4) is 6.07 Å². The summed E-state index contributed by atoms with van der Waals surface area (Å²) >= 11 is 3.20. The van der Waals surface area contributed by atoms with E-state index in [4.69, 9.17) is 11.0 Å². The van der Waals surface area contributed by atoms with E-state index < -0.39 is 15.3 Å². The Kier molecular flexibility index (Phi) is 3.78. The van der Waals surface area contributed by atoms with Crippen LogP contribution in [0.3, 0.4) is 0 Å². The first kappa shape index (κ1) is 12.8. The molecule has 1 rings (SSSR count). The molecule has 0 aromatic heterocycles. The van der Waals surface area contributed by atoms with Crippen LogP contribution in [0.1, 0.15) is 6.92 Å². The maximum atomic E-state index is 11.5. The second kappa shape index (κ2) is 4.72. The van der Waals surface area contributed by atoms with Crippen molar-refractivity contribution >= 4 is 37.3 Å². The normalized spacial score (nSPS) is 12.8. The number of nitrogens with one attached hydrogen (secondary N) is 1. The van der Waals surface area contributed by atoms with Crippen LogP contribution in [0.25, 0.3) is 0 Å². The minimum atomic E-state index is -3.67. The lowest BCUT2D eigenvalue weighted by Crippen LogP contribution is -2.23. The molecule has 0 amide bonds. The zero-order chi connectivity index (χ0) is 12.3. The summed E-state index contributed by atoms with van der Waals surface area (Å²) in [5, 5.41) is 7.43. The summed E-state index contributed by atoms with van der Waals surface area (Å²) in [5.41, 5.74) is 6.36. The Morgan fingerprint density at radius 3 is 2.69 bits per heavy atom. The second-order valence-electron chi connectivity index (χ2n) is 3.15. The molecule has 0 spiro atoms. The first-order valence-electron chi connectivity index (χ1n) is 4.33. The molecular weight excluding hydrogens is 294 g/mol. The molecule has 1 unspecified atom stereocenters. The van der Waals surface area contributed by atoms with Gasteiger partial charge in [0, 0.05) is 10.2 Å². The van der Waals surface area contributed by atoms with E-state index in [1.807, 2.05) is 0 Å². The van der Waals surface area contributed by atoms with Crippen LogP contribution in [0.4, 0.5) is 11.4 Å². The molecule has 5 nitrogen and oxygen atoms in total. The zero-order valence-electron chi connectivity index (χ0n) is 8.44. The lowest BCUT2D eigenvalue weighted by molar-refractivity contribution is 0.597. The summed E-state index contributed by atoms with van der Waals surface area (Å²) in [4.78, 5) is 0. The van der Waals surface area contributed by atoms with Crippen LogP contribution in [0, 0.1) is 11.3 Å². The number of hydrogen-bond acceptors (Lipinski definition) is 4. The lowest BCUT2D eigenvalue weighted by Gasteiger charge is -2.10. The molecule has 0 aliphatic heterocycles. The van der Waals surface area contributed by atoms with E-state index in [2.05, 4.69) is 20.7 Å². The molecule has 3 N–H and O–H groups in total. The van der Waals surface area contributed by atoms with Crippen LogP contribution in [0.5, 0.6) is 0 Å². The van der Waals surface area contributed by atoms with E-state index in [0.29, 0.717) is 15.8 Å². The van der Waals surface area contributed by atoms with Crippen molar-refractivity contribution in [1.82, 2.24) is 0 Å². The Bertz CT molecular complexity index is 536. The van der Waals surface area contributed by atoms with Gasteiger partial charge in [0.05, 0.1) is 11.8 Å². The Morgan fingerprint density at radius 1 is 1.56 bits per heavy atom. The maximum Gasteiger partial charge on any atom is 0.248 e. The Morgan fingerprint density at radius 2 is 2.19 bits per heavy atom. The highest BCUT2D eigenvalue weighted by Crippen LogP contribution is 2.23. The maximum absolute atomic E-state index is 11.5.